The van der Waals surface area contributed by atoms with Crippen LogP contribution in [0.4, 0.5) is 0 Å². The molecule has 60 valence electrons. The molecule has 0 aromatic heterocycles. The number of nitrogens with one attached hydrogen (secondary N) is 1. The van der Waals surface area contributed by atoms with Gasteiger partial charge in [0.15, 0.2) is 4.87 Å². The molecule has 1 atom stereocenters. The van der Waals surface area contributed by atoms with Crippen molar-refractivity contribution in [3.63, 3.8) is 0 Å². The van der Waals surface area contributed by atoms with Crippen LogP contribution in [0.3, 0.4) is 0 Å². The summed E-state index contributed by atoms with van der Waals surface area (Å²) in [6.45, 7) is 0. The zero-order valence-electron chi connectivity index (χ0n) is 5.91. The standard InChI is InChI=1S/C7H9NO2S/c9-6(10)7(5-1-2-5)8-3-4-11-7/h3-5,8H,1-2H2,(H,9,10). The molecule has 2 aliphatic rings. The van der Waals surface area contributed by atoms with Crippen LogP contribution in [0, 0.1) is 5.92 Å². The zero-order chi connectivity index (χ0) is 7.90. The van der Waals surface area contributed by atoms with E-state index in [4.69, 9.17) is 5.11 Å². The van der Waals surface area contributed by atoms with E-state index in [1.165, 1.54) is 11.8 Å². The van der Waals surface area contributed by atoms with Crippen molar-refractivity contribution in [3.8, 4) is 0 Å². The molecule has 1 aliphatic heterocycles. The van der Waals surface area contributed by atoms with E-state index < -0.39 is 10.8 Å². The summed E-state index contributed by atoms with van der Waals surface area (Å²) in [4.78, 5) is 10.2. The van der Waals surface area contributed by atoms with E-state index in [2.05, 4.69) is 5.32 Å². The van der Waals surface area contributed by atoms with Crippen molar-refractivity contribution < 1.29 is 9.90 Å². The first kappa shape index (κ1) is 7.03. The Morgan fingerprint density at radius 2 is 2.45 bits per heavy atom. The molecular weight excluding hydrogens is 162 g/mol. The van der Waals surface area contributed by atoms with Gasteiger partial charge in [0.2, 0.25) is 0 Å². The largest absolute Gasteiger partial charge is 0.479 e. The van der Waals surface area contributed by atoms with Gasteiger partial charge in [-0.05, 0) is 18.2 Å². The Bertz CT molecular complexity index is 214. The second kappa shape index (κ2) is 2.17. The number of thioether (sulfide) groups is 1. The van der Waals surface area contributed by atoms with Crippen LogP contribution in [0.2, 0.25) is 0 Å². The van der Waals surface area contributed by atoms with Crippen molar-refractivity contribution >= 4 is 17.7 Å². The molecule has 0 aromatic rings. The first-order chi connectivity index (χ1) is 5.26. The number of aliphatic carboxylic acids is 1. The predicted octanol–water partition coefficient (Wildman–Crippen LogP) is 0.985. The second-order valence-electron chi connectivity index (χ2n) is 2.88. The summed E-state index contributed by atoms with van der Waals surface area (Å²) in [5, 5.41) is 13.7. The molecule has 0 amide bonds. The third-order valence-electron chi connectivity index (χ3n) is 2.09. The minimum absolute atomic E-state index is 0.319. The molecule has 3 nitrogen and oxygen atoms in total. The quantitative estimate of drug-likeness (QED) is 0.650. The topological polar surface area (TPSA) is 49.3 Å². The third-order valence-corrected chi connectivity index (χ3v) is 3.36. The van der Waals surface area contributed by atoms with Gasteiger partial charge in [-0.25, -0.2) is 4.79 Å². The van der Waals surface area contributed by atoms with Gasteiger partial charge in [0.25, 0.3) is 0 Å². The highest BCUT2D eigenvalue weighted by Gasteiger charge is 2.52. The number of carboxylic acids is 1. The van der Waals surface area contributed by atoms with Crippen LogP contribution in [-0.4, -0.2) is 15.9 Å². The van der Waals surface area contributed by atoms with Crippen LogP contribution in [0.25, 0.3) is 0 Å². The van der Waals surface area contributed by atoms with E-state index in [0.29, 0.717) is 5.92 Å². The minimum Gasteiger partial charge on any atom is -0.479 e. The maximum atomic E-state index is 10.9. The molecule has 0 radical (unpaired) electrons. The lowest BCUT2D eigenvalue weighted by Gasteiger charge is -2.23. The van der Waals surface area contributed by atoms with Gasteiger partial charge < -0.3 is 10.4 Å². The summed E-state index contributed by atoms with van der Waals surface area (Å²) >= 11 is 1.38. The van der Waals surface area contributed by atoms with E-state index >= 15 is 0 Å². The molecule has 4 heteroatoms. The van der Waals surface area contributed by atoms with E-state index in [9.17, 15) is 4.79 Å². The Balaban J connectivity index is 2.19. The fourth-order valence-electron chi connectivity index (χ4n) is 1.32. The molecule has 1 saturated carbocycles. The Morgan fingerprint density at radius 1 is 1.73 bits per heavy atom. The maximum absolute atomic E-state index is 10.9. The number of carbonyl (C=O) groups is 1. The molecule has 2 N–H and O–H groups in total. The molecule has 0 aromatic carbocycles. The van der Waals surface area contributed by atoms with Crippen LogP contribution in [-0.2, 0) is 4.79 Å². The van der Waals surface area contributed by atoms with Crippen molar-refractivity contribution in [2.45, 2.75) is 17.7 Å². The highest BCUT2D eigenvalue weighted by Crippen LogP contribution is 2.48. The monoisotopic (exact) mass is 171 g/mol. The molecule has 0 spiro atoms. The highest BCUT2D eigenvalue weighted by molar-refractivity contribution is 8.04. The van der Waals surface area contributed by atoms with Crippen LogP contribution in [0.15, 0.2) is 11.6 Å². The van der Waals surface area contributed by atoms with Gasteiger partial charge in [-0.1, -0.05) is 11.8 Å². The fourth-order valence-corrected chi connectivity index (χ4v) is 2.34. The van der Waals surface area contributed by atoms with Crippen LogP contribution >= 0.6 is 11.8 Å². The lowest BCUT2D eigenvalue weighted by atomic mass is 10.2. The van der Waals surface area contributed by atoms with Gasteiger partial charge in [0, 0.05) is 12.1 Å². The van der Waals surface area contributed by atoms with E-state index in [1.807, 2.05) is 5.41 Å². The summed E-state index contributed by atoms with van der Waals surface area (Å²) in [5.41, 5.74) is 0. The summed E-state index contributed by atoms with van der Waals surface area (Å²) in [6, 6.07) is 0. The maximum Gasteiger partial charge on any atom is 0.340 e. The summed E-state index contributed by atoms with van der Waals surface area (Å²) in [5.74, 6) is -0.421. The van der Waals surface area contributed by atoms with Gasteiger partial charge >= 0.3 is 5.97 Å². The number of hydrogen-bond acceptors (Lipinski definition) is 3. The lowest BCUT2D eigenvalue weighted by molar-refractivity contribution is -0.141. The molecule has 1 aliphatic carbocycles. The molecule has 0 bridgehead atoms. The summed E-state index contributed by atoms with van der Waals surface area (Å²) < 4.78 is 0. The smallest absolute Gasteiger partial charge is 0.340 e. The summed E-state index contributed by atoms with van der Waals surface area (Å²) in [7, 11) is 0. The average Bonchev–Trinajstić information content (AvgIpc) is 2.69. The first-order valence-electron chi connectivity index (χ1n) is 3.59. The number of rotatable bonds is 2. The van der Waals surface area contributed by atoms with Crippen molar-refractivity contribution in [1.29, 1.82) is 0 Å². The van der Waals surface area contributed by atoms with Gasteiger partial charge in [0.1, 0.15) is 0 Å². The van der Waals surface area contributed by atoms with E-state index in [1.54, 1.807) is 6.20 Å². The molecular formula is C7H9NO2S. The van der Waals surface area contributed by atoms with E-state index in [-0.39, 0.29) is 0 Å². The van der Waals surface area contributed by atoms with Crippen LogP contribution in [0.5, 0.6) is 0 Å². The number of hydrogen-bond donors (Lipinski definition) is 2. The SMILES string of the molecule is O=C(O)C1(C2CC2)NC=CS1. The molecule has 1 unspecified atom stereocenters. The Kier molecular flexibility index (Phi) is 1.39. The third kappa shape index (κ3) is 0.929. The van der Waals surface area contributed by atoms with Crippen molar-refractivity contribution in [2.75, 3.05) is 0 Å². The van der Waals surface area contributed by atoms with E-state index in [0.717, 1.165) is 12.8 Å². The second-order valence-corrected chi connectivity index (χ2v) is 4.03. The van der Waals surface area contributed by atoms with Crippen LogP contribution in [0.1, 0.15) is 12.8 Å². The van der Waals surface area contributed by atoms with Crippen molar-refractivity contribution in [3.05, 3.63) is 11.6 Å². The highest BCUT2D eigenvalue weighted by atomic mass is 32.2. The van der Waals surface area contributed by atoms with Crippen molar-refractivity contribution in [2.24, 2.45) is 5.92 Å². The molecule has 1 heterocycles. The van der Waals surface area contributed by atoms with Gasteiger partial charge in [-0.2, -0.15) is 0 Å². The first-order valence-corrected chi connectivity index (χ1v) is 4.47. The predicted molar refractivity (Wildman–Crippen MR) is 43.0 cm³/mol. The average molecular weight is 171 g/mol. The lowest BCUT2D eigenvalue weighted by Crippen LogP contribution is -2.46. The van der Waals surface area contributed by atoms with Crippen molar-refractivity contribution in [1.82, 2.24) is 5.32 Å². The summed E-state index contributed by atoms with van der Waals surface area (Å²) in [6.07, 6.45) is 3.79. The Morgan fingerprint density at radius 3 is 2.82 bits per heavy atom. The normalized spacial score (nSPS) is 35.3. The van der Waals surface area contributed by atoms with Gasteiger partial charge in [0.05, 0.1) is 0 Å². The fraction of sp³-hybridized carbons (Fsp3) is 0.571. The number of carboxylic acid groups (broad SMARTS) is 1. The Hall–Kier alpha value is -0.640. The minimum atomic E-state index is -0.741. The molecule has 1 fully saturated rings. The molecule has 2 rings (SSSR count). The van der Waals surface area contributed by atoms with Gasteiger partial charge in [-0.3, -0.25) is 0 Å². The Labute approximate surface area is 68.9 Å². The zero-order valence-corrected chi connectivity index (χ0v) is 6.73. The van der Waals surface area contributed by atoms with Gasteiger partial charge in [-0.15, -0.1) is 0 Å². The molecule has 11 heavy (non-hydrogen) atoms. The van der Waals surface area contributed by atoms with Crippen LogP contribution < -0.4 is 5.32 Å². The molecule has 0 saturated heterocycles.